The van der Waals surface area contributed by atoms with Gasteiger partial charge in [-0.25, -0.2) is 9.50 Å². The number of carbonyl (C=O) groups is 1. The van der Waals surface area contributed by atoms with Gasteiger partial charge in [0.15, 0.2) is 11.4 Å². The van der Waals surface area contributed by atoms with E-state index < -0.39 is 0 Å². The molecule has 0 saturated carbocycles. The zero-order chi connectivity index (χ0) is 13.7. The molecule has 0 aliphatic heterocycles. The molecule has 3 aromatic rings. The number of carbonyl (C=O) groups excluding carboxylic acids is 1. The van der Waals surface area contributed by atoms with E-state index in [0.717, 1.165) is 33.7 Å². The van der Waals surface area contributed by atoms with Gasteiger partial charge in [-0.1, -0.05) is 0 Å². The van der Waals surface area contributed by atoms with Crippen molar-refractivity contribution in [3.63, 3.8) is 0 Å². The van der Waals surface area contributed by atoms with Crippen molar-refractivity contribution in [2.75, 3.05) is 0 Å². The van der Waals surface area contributed by atoms with Gasteiger partial charge in [0.1, 0.15) is 0 Å². The van der Waals surface area contributed by atoms with Crippen molar-refractivity contribution in [3.05, 3.63) is 51.6 Å². The van der Waals surface area contributed by atoms with Crippen molar-refractivity contribution in [3.8, 4) is 0 Å². The van der Waals surface area contributed by atoms with Gasteiger partial charge in [0.2, 0.25) is 0 Å². The Labute approximate surface area is 119 Å². The van der Waals surface area contributed by atoms with Crippen LogP contribution in [-0.2, 0) is 11.2 Å². The van der Waals surface area contributed by atoms with E-state index in [0.29, 0.717) is 6.42 Å². The van der Waals surface area contributed by atoms with Crippen LogP contribution in [0.2, 0.25) is 0 Å². The number of aromatic nitrogens is 3. The molecular formula is C15H11N3OS. The summed E-state index contributed by atoms with van der Waals surface area (Å²) in [4.78, 5) is 16.8. The molecule has 0 bridgehead atoms. The average Bonchev–Trinajstić information content (AvgIpc) is 3.06. The standard InChI is InChI=1S/C15H11N3OS/c1-9-4-15-16-7-11-5-12(10-2-3-20-8-10)14(19)6-13(11)18(15)17-9/h2-5,7-8H,6H2,1H3. The predicted molar refractivity (Wildman–Crippen MR) is 78.6 cm³/mol. The van der Waals surface area contributed by atoms with Crippen molar-refractivity contribution >= 4 is 34.4 Å². The van der Waals surface area contributed by atoms with E-state index in [1.165, 1.54) is 0 Å². The summed E-state index contributed by atoms with van der Waals surface area (Å²) in [7, 11) is 0. The van der Waals surface area contributed by atoms with E-state index in [2.05, 4.69) is 10.1 Å². The third-order valence-corrected chi connectivity index (χ3v) is 4.18. The lowest BCUT2D eigenvalue weighted by atomic mass is 9.92. The fourth-order valence-corrected chi connectivity index (χ4v) is 3.21. The van der Waals surface area contributed by atoms with E-state index in [1.54, 1.807) is 15.9 Å². The second-order valence-electron chi connectivity index (χ2n) is 4.89. The lowest BCUT2D eigenvalue weighted by molar-refractivity contribution is -0.113. The van der Waals surface area contributed by atoms with Gasteiger partial charge in [0.25, 0.3) is 0 Å². The fraction of sp³-hybridized carbons (Fsp3) is 0.133. The summed E-state index contributed by atoms with van der Waals surface area (Å²) in [5, 5.41) is 8.41. The number of hydrogen-bond donors (Lipinski definition) is 0. The molecular weight excluding hydrogens is 270 g/mol. The maximum absolute atomic E-state index is 12.4. The molecule has 0 atom stereocenters. The van der Waals surface area contributed by atoms with Crippen LogP contribution in [-0.4, -0.2) is 20.4 Å². The van der Waals surface area contributed by atoms with Gasteiger partial charge < -0.3 is 0 Å². The first kappa shape index (κ1) is 11.5. The number of allylic oxidation sites excluding steroid dienone is 1. The molecule has 0 radical (unpaired) electrons. The molecule has 4 nitrogen and oxygen atoms in total. The summed E-state index contributed by atoms with van der Waals surface area (Å²) in [6.07, 6.45) is 4.12. The lowest BCUT2D eigenvalue weighted by Crippen LogP contribution is -2.16. The predicted octanol–water partition coefficient (Wildman–Crippen LogP) is 2.77. The van der Waals surface area contributed by atoms with Gasteiger partial charge in [0.05, 0.1) is 17.8 Å². The van der Waals surface area contributed by atoms with E-state index in [1.807, 2.05) is 42.1 Å². The molecule has 0 N–H and O–H groups in total. The molecule has 0 aromatic carbocycles. The van der Waals surface area contributed by atoms with Crippen molar-refractivity contribution in [2.24, 2.45) is 0 Å². The maximum Gasteiger partial charge on any atom is 0.169 e. The third-order valence-electron chi connectivity index (χ3n) is 3.50. The normalized spacial score (nSPS) is 14.4. The molecule has 1 aliphatic carbocycles. The van der Waals surface area contributed by atoms with Crippen molar-refractivity contribution in [2.45, 2.75) is 13.3 Å². The van der Waals surface area contributed by atoms with Crippen LogP contribution in [0.5, 0.6) is 0 Å². The zero-order valence-corrected chi connectivity index (χ0v) is 11.6. The molecule has 98 valence electrons. The van der Waals surface area contributed by atoms with Gasteiger partial charge in [-0.05, 0) is 35.4 Å². The summed E-state index contributed by atoms with van der Waals surface area (Å²) >= 11 is 1.60. The smallest absolute Gasteiger partial charge is 0.169 e. The number of rotatable bonds is 1. The molecule has 0 amide bonds. The van der Waals surface area contributed by atoms with Gasteiger partial charge in [-0.15, -0.1) is 0 Å². The van der Waals surface area contributed by atoms with Crippen LogP contribution in [0.15, 0.2) is 29.1 Å². The molecule has 0 fully saturated rings. The zero-order valence-electron chi connectivity index (χ0n) is 10.8. The number of ketones is 1. The minimum absolute atomic E-state index is 0.136. The largest absolute Gasteiger partial charge is 0.294 e. The first-order chi connectivity index (χ1) is 9.72. The Hall–Kier alpha value is -2.27. The van der Waals surface area contributed by atoms with E-state index in [4.69, 9.17) is 0 Å². The Morgan fingerprint density at radius 2 is 2.30 bits per heavy atom. The minimum atomic E-state index is 0.136. The molecule has 3 heterocycles. The fourth-order valence-electron chi connectivity index (χ4n) is 2.55. The molecule has 3 aromatic heterocycles. The molecule has 0 unspecified atom stereocenters. The third kappa shape index (κ3) is 1.63. The molecule has 5 heteroatoms. The molecule has 0 saturated heterocycles. The van der Waals surface area contributed by atoms with Crippen LogP contribution in [0.25, 0.3) is 17.3 Å². The van der Waals surface area contributed by atoms with Gasteiger partial charge in [-0.3, -0.25) is 4.79 Å². The maximum atomic E-state index is 12.4. The highest BCUT2D eigenvalue weighted by Gasteiger charge is 2.23. The highest BCUT2D eigenvalue weighted by Crippen LogP contribution is 2.29. The van der Waals surface area contributed by atoms with Gasteiger partial charge >= 0.3 is 0 Å². The summed E-state index contributed by atoms with van der Waals surface area (Å²) in [6.45, 7) is 1.93. The van der Waals surface area contributed by atoms with Crippen molar-refractivity contribution in [1.82, 2.24) is 14.6 Å². The van der Waals surface area contributed by atoms with E-state index >= 15 is 0 Å². The Bertz CT molecular complexity index is 859. The monoisotopic (exact) mass is 281 g/mol. The second kappa shape index (κ2) is 4.11. The average molecular weight is 281 g/mol. The van der Waals surface area contributed by atoms with Crippen LogP contribution in [0, 0.1) is 6.92 Å². The quantitative estimate of drug-likeness (QED) is 0.689. The summed E-state index contributed by atoms with van der Waals surface area (Å²) in [6, 6.07) is 3.90. The topological polar surface area (TPSA) is 47.3 Å². The molecule has 4 rings (SSSR count). The Morgan fingerprint density at radius 1 is 1.40 bits per heavy atom. The number of fused-ring (bicyclic) bond motifs is 3. The summed E-state index contributed by atoms with van der Waals surface area (Å²) in [5.41, 5.74) is 5.35. The van der Waals surface area contributed by atoms with Crippen LogP contribution in [0.4, 0.5) is 0 Å². The Balaban J connectivity index is 1.96. The lowest BCUT2D eigenvalue weighted by Gasteiger charge is -2.15. The van der Waals surface area contributed by atoms with Gasteiger partial charge in [-0.2, -0.15) is 16.4 Å². The van der Waals surface area contributed by atoms with Crippen LogP contribution in [0.3, 0.4) is 0 Å². The first-order valence-electron chi connectivity index (χ1n) is 6.34. The SMILES string of the molecule is Cc1cc2ncc3c(n2n1)CC(=O)C(c1ccsc1)=C3. The molecule has 1 aliphatic rings. The van der Waals surface area contributed by atoms with Crippen LogP contribution < -0.4 is 0 Å². The highest BCUT2D eigenvalue weighted by molar-refractivity contribution is 7.08. The highest BCUT2D eigenvalue weighted by atomic mass is 32.1. The molecule has 20 heavy (non-hydrogen) atoms. The van der Waals surface area contributed by atoms with Crippen molar-refractivity contribution in [1.29, 1.82) is 0 Å². The first-order valence-corrected chi connectivity index (χ1v) is 7.28. The number of nitrogens with zero attached hydrogens (tertiary/aromatic N) is 3. The van der Waals surface area contributed by atoms with Crippen LogP contribution in [0.1, 0.15) is 22.5 Å². The number of thiophene rings is 1. The van der Waals surface area contributed by atoms with E-state index in [9.17, 15) is 4.79 Å². The van der Waals surface area contributed by atoms with Crippen molar-refractivity contribution < 1.29 is 4.79 Å². The Kier molecular flexibility index (Phi) is 2.37. The summed E-state index contributed by atoms with van der Waals surface area (Å²) < 4.78 is 1.78. The van der Waals surface area contributed by atoms with Gasteiger partial charge in [0, 0.05) is 23.4 Å². The number of hydrogen-bond acceptors (Lipinski definition) is 4. The van der Waals surface area contributed by atoms with E-state index in [-0.39, 0.29) is 5.78 Å². The van der Waals surface area contributed by atoms with Crippen LogP contribution >= 0.6 is 11.3 Å². The minimum Gasteiger partial charge on any atom is -0.294 e. The molecule has 0 spiro atoms. The Morgan fingerprint density at radius 3 is 3.10 bits per heavy atom. The summed E-state index contributed by atoms with van der Waals surface area (Å²) in [5.74, 6) is 0.136. The number of Topliss-reactive ketones (excluding diaryl/α,β-unsaturated/α-hetero) is 1. The number of aryl methyl sites for hydroxylation is 1. The second-order valence-corrected chi connectivity index (χ2v) is 5.67.